The van der Waals surface area contributed by atoms with Gasteiger partial charge in [0.15, 0.2) is 6.10 Å². The Morgan fingerprint density at radius 2 is 0.609 bits per heavy atom. The van der Waals surface area contributed by atoms with Crippen molar-refractivity contribution < 1.29 is 75.8 Å². The molecule has 0 aliphatic rings. The normalized spacial score (nSPS) is 14.7. The molecule has 0 heterocycles. The molecule has 5 atom stereocenters. The first-order valence-electron chi connectivity index (χ1n) is 34.2. The van der Waals surface area contributed by atoms with Gasteiger partial charge in [-0.1, -0.05) is 273 Å². The summed E-state index contributed by atoms with van der Waals surface area (Å²) < 4.78 is 60.8. The monoisotopic (exact) mass is 1270 g/mol. The maximum atomic E-state index is 12.8. The van der Waals surface area contributed by atoms with E-state index in [0.717, 1.165) is 116 Å². The summed E-state index contributed by atoms with van der Waals surface area (Å²) in [6, 6.07) is 0. The highest BCUT2D eigenvalue weighted by molar-refractivity contribution is 7.47. The average Bonchev–Trinajstić information content (AvgIpc) is 3.53. The number of ether oxygens (including phenoxy) is 3. The van der Waals surface area contributed by atoms with E-state index in [-0.39, 0.29) is 19.3 Å². The molecule has 0 radical (unpaired) electrons. The van der Waals surface area contributed by atoms with Gasteiger partial charge in [-0.2, -0.15) is 0 Å². The summed E-state index contributed by atoms with van der Waals surface area (Å²) in [5.74, 6) is -1.57. The second-order valence-corrected chi connectivity index (χ2v) is 25.9. The third kappa shape index (κ3) is 64.3. The minimum Gasteiger partial charge on any atom is -0.463 e. The minimum atomic E-state index is -4.91. The predicted octanol–water partition coefficient (Wildman–Crippen LogP) is 18.8. The lowest BCUT2D eigenvalue weighted by Gasteiger charge is -2.21. The van der Waals surface area contributed by atoms with Crippen molar-refractivity contribution in [2.45, 2.75) is 309 Å². The summed E-state index contributed by atoms with van der Waals surface area (Å²) in [5.41, 5.74) is 0. The van der Waals surface area contributed by atoms with Crippen molar-refractivity contribution >= 4 is 33.6 Å². The fourth-order valence-corrected chi connectivity index (χ4v) is 10.8. The molecule has 0 saturated heterocycles. The fourth-order valence-electron chi connectivity index (χ4n) is 9.22. The van der Waals surface area contributed by atoms with E-state index >= 15 is 0 Å². The summed E-state index contributed by atoms with van der Waals surface area (Å²) in [6.07, 6.45) is 65.4. The summed E-state index contributed by atoms with van der Waals surface area (Å²) in [4.78, 5) is 58.2. The van der Waals surface area contributed by atoms with E-state index in [9.17, 15) is 43.5 Å². The van der Waals surface area contributed by atoms with E-state index in [1.165, 1.54) is 116 Å². The Hall–Kier alpha value is -3.01. The maximum Gasteiger partial charge on any atom is 0.472 e. The standard InChI is InChI=1S/C69H124O16P2/c1-4-7-10-13-16-19-22-24-25-26-27-28-29-30-31-32-33-34-35-36-37-39-42-43-46-49-52-55-67(72)79-58-64(70)59-81-86(75,76)82-60-65(71)61-83-87(77,78)84-63-66(85-69(74)57-54-51-48-45-40-21-18-15-12-9-6-3)62-80-68(73)56-53-50-47-44-41-38-23-20-17-14-11-8-5-2/h7,10,16,19,24-25,27-28,30-31,33-34,64-66,70-71H,4-6,8-9,11-15,17-18,20-23,26,29,32,35-63H2,1-3H3,(H,75,76)(H,77,78)/b10-7-,19-16-,25-24-,28-27-,31-30-,34-33-. The fraction of sp³-hybridized carbons (Fsp3) is 0.783. The molecule has 506 valence electrons. The van der Waals surface area contributed by atoms with E-state index in [4.69, 9.17) is 32.3 Å². The van der Waals surface area contributed by atoms with E-state index in [0.29, 0.717) is 19.3 Å². The number of hydrogen-bond acceptors (Lipinski definition) is 14. The molecule has 0 bridgehead atoms. The molecule has 4 N–H and O–H groups in total. The highest BCUT2D eigenvalue weighted by Crippen LogP contribution is 2.45. The zero-order valence-corrected chi connectivity index (χ0v) is 56.5. The number of carbonyl (C=O) groups is 3. The van der Waals surface area contributed by atoms with Crippen molar-refractivity contribution in [3.8, 4) is 0 Å². The third-order valence-electron chi connectivity index (χ3n) is 14.4. The second-order valence-electron chi connectivity index (χ2n) is 23.0. The molecule has 18 heteroatoms. The molecule has 0 aromatic carbocycles. The quantitative estimate of drug-likeness (QED) is 0.0146. The molecule has 0 aromatic heterocycles. The molecular weight excluding hydrogens is 1150 g/mol. The van der Waals surface area contributed by atoms with E-state index in [1.54, 1.807) is 0 Å². The van der Waals surface area contributed by atoms with Crippen molar-refractivity contribution in [3.63, 3.8) is 0 Å². The van der Waals surface area contributed by atoms with Crippen LogP contribution in [0.1, 0.15) is 290 Å². The van der Waals surface area contributed by atoms with Gasteiger partial charge in [0, 0.05) is 19.3 Å². The van der Waals surface area contributed by atoms with Crippen molar-refractivity contribution in [1.29, 1.82) is 0 Å². The molecule has 0 rings (SSSR count). The van der Waals surface area contributed by atoms with Crippen LogP contribution in [-0.2, 0) is 55.8 Å². The van der Waals surface area contributed by atoms with E-state index in [2.05, 4.69) is 93.7 Å². The predicted molar refractivity (Wildman–Crippen MR) is 353 cm³/mol. The van der Waals surface area contributed by atoms with Crippen LogP contribution >= 0.6 is 15.6 Å². The molecule has 16 nitrogen and oxygen atoms in total. The van der Waals surface area contributed by atoms with Gasteiger partial charge < -0.3 is 34.2 Å². The first kappa shape index (κ1) is 84.0. The Morgan fingerprint density at radius 1 is 0.333 bits per heavy atom. The lowest BCUT2D eigenvalue weighted by atomic mass is 10.0. The number of allylic oxidation sites excluding steroid dienone is 12. The number of unbranched alkanes of at least 4 members (excludes halogenated alkanes) is 30. The summed E-state index contributed by atoms with van der Waals surface area (Å²) >= 11 is 0. The van der Waals surface area contributed by atoms with Crippen LogP contribution < -0.4 is 0 Å². The Balaban J connectivity index is 4.44. The lowest BCUT2D eigenvalue weighted by molar-refractivity contribution is -0.161. The smallest absolute Gasteiger partial charge is 0.463 e. The maximum absolute atomic E-state index is 12.8. The zero-order valence-electron chi connectivity index (χ0n) is 54.7. The van der Waals surface area contributed by atoms with Gasteiger partial charge in [0.1, 0.15) is 25.4 Å². The van der Waals surface area contributed by atoms with Crippen LogP contribution in [0, 0.1) is 0 Å². The summed E-state index contributed by atoms with van der Waals surface area (Å²) in [7, 11) is -9.75. The SMILES string of the molecule is CC/C=C\C/C=C\C/C=C\C/C=C\C/C=C\C/C=C\CCCCCCCCCCC(=O)OCC(O)COP(=O)(O)OCC(O)COP(=O)(O)OCC(COC(=O)CCCCCCCCCCCCCCC)OC(=O)CCCCCCCCCCCCC. The molecule has 0 aliphatic carbocycles. The Kier molecular flexibility index (Phi) is 61.0. The zero-order chi connectivity index (χ0) is 63.8. The molecule has 0 saturated carbocycles. The molecule has 0 aliphatic heterocycles. The van der Waals surface area contributed by atoms with E-state index < -0.39 is 91.5 Å². The van der Waals surface area contributed by atoms with Gasteiger partial charge in [0.25, 0.3) is 0 Å². The number of carbonyl (C=O) groups excluding carboxylic acids is 3. The van der Waals surface area contributed by atoms with Gasteiger partial charge in [-0.3, -0.25) is 32.5 Å². The van der Waals surface area contributed by atoms with Gasteiger partial charge in [-0.25, -0.2) is 9.13 Å². The number of aliphatic hydroxyl groups is 2. The van der Waals surface area contributed by atoms with Crippen LogP contribution in [0.2, 0.25) is 0 Å². The number of rotatable bonds is 65. The average molecular weight is 1270 g/mol. The first-order chi connectivity index (χ1) is 42.2. The van der Waals surface area contributed by atoms with Gasteiger partial charge in [-0.05, 0) is 70.6 Å². The van der Waals surface area contributed by atoms with Gasteiger partial charge >= 0.3 is 33.6 Å². The van der Waals surface area contributed by atoms with Crippen molar-refractivity contribution in [2.24, 2.45) is 0 Å². The number of phosphoric ester groups is 2. The largest absolute Gasteiger partial charge is 0.472 e. The Bertz CT molecular complexity index is 1880. The highest BCUT2D eigenvalue weighted by atomic mass is 31.2. The molecule has 0 amide bonds. The summed E-state index contributed by atoms with van der Waals surface area (Å²) in [6.45, 7) is 2.56. The number of phosphoric acid groups is 2. The van der Waals surface area contributed by atoms with Crippen LogP contribution in [-0.4, -0.2) is 95.9 Å². The van der Waals surface area contributed by atoms with Crippen LogP contribution in [0.25, 0.3) is 0 Å². The van der Waals surface area contributed by atoms with Crippen molar-refractivity contribution in [1.82, 2.24) is 0 Å². The van der Waals surface area contributed by atoms with E-state index in [1.807, 2.05) is 0 Å². The first-order valence-corrected chi connectivity index (χ1v) is 37.2. The highest BCUT2D eigenvalue weighted by Gasteiger charge is 2.29. The lowest BCUT2D eigenvalue weighted by Crippen LogP contribution is -2.30. The van der Waals surface area contributed by atoms with Crippen LogP contribution in [0.5, 0.6) is 0 Å². The number of esters is 3. The number of aliphatic hydroxyl groups excluding tert-OH is 2. The molecule has 5 unspecified atom stereocenters. The Morgan fingerprint density at radius 3 is 0.966 bits per heavy atom. The molecule has 87 heavy (non-hydrogen) atoms. The molecular formula is C69H124O16P2. The summed E-state index contributed by atoms with van der Waals surface area (Å²) in [5, 5.41) is 20.5. The van der Waals surface area contributed by atoms with Crippen LogP contribution in [0.4, 0.5) is 0 Å². The third-order valence-corrected chi connectivity index (χ3v) is 16.3. The Labute approximate surface area is 528 Å². The number of hydrogen-bond donors (Lipinski definition) is 4. The topological polar surface area (TPSA) is 231 Å². The van der Waals surface area contributed by atoms with Gasteiger partial charge in [0.2, 0.25) is 0 Å². The van der Waals surface area contributed by atoms with Crippen LogP contribution in [0.3, 0.4) is 0 Å². The molecule has 0 fully saturated rings. The van der Waals surface area contributed by atoms with Crippen LogP contribution in [0.15, 0.2) is 72.9 Å². The van der Waals surface area contributed by atoms with Crippen molar-refractivity contribution in [2.75, 3.05) is 39.6 Å². The minimum absolute atomic E-state index is 0.111. The van der Waals surface area contributed by atoms with Gasteiger partial charge in [-0.15, -0.1) is 0 Å². The molecule has 0 spiro atoms. The second kappa shape index (κ2) is 63.2. The van der Waals surface area contributed by atoms with Gasteiger partial charge in [0.05, 0.1) is 26.4 Å². The molecule has 0 aromatic rings. The van der Waals surface area contributed by atoms with Crippen molar-refractivity contribution in [3.05, 3.63) is 72.9 Å².